The molecule has 124 valence electrons. The molecule has 0 saturated carbocycles. The lowest BCUT2D eigenvalue weighted by Gasteiger charge is -2.17. The van der Waals surface area contributed by atoms with Crippen molar-refractivity contribution >= 4 is 34.8 Å². The summed E-state index contributed by atoms with van der Waals surface area (Å²) in [7, 11) is 4.02. The molecule has 1 N–H and O–H groups in total. The Morgan fingerprint density at radius 3 is 2.67 bits per heavy atom. The van der Waals surface area contributed by atoms with E-state index in [9.17, 15) is 0 Å². The molecule has 0 fully saturated rings. The van der Waals surface area contributed by atoms with Crippen LogP contribution in [0.1, 0.15) is 5.56 Å². The van der Waals surface area contributed by atoms with Crippen LogP contribution in [-0.2, 0) is 6.54 Å². The SMILES string of the molecule is CN(C)c1ccccc1CNc1nnnn1-c1cccc(Cl)c1Cl. The lowest BCUT2D eigenvalue weighted by molar-refractivity contribution is 0.789. The number of anilines is 2. The van der Waals surface area contributed by atoms with Gasteiger partial charge in [0.1, 0.15) is 0 Å². The molecule has 8 heteroatoms. The fourth-order valence-corrected chi connectivity index (χ4v) is 2.76. The minimum absolute atomic E-state index is 0.406. The normalized spacial score (nSPS) is 10.7. The third-order valence-corrected chi connectivity index (χ3v) is 4.35. The van der Waals surface area contributed by atoms with Gasteiger partial charge in [-0.3, -0.25) is 0 Å². The highest BCUT2D eigenvalue weighted by Crippen LogP contribution is 2.29. The zero-order valence-corrected chi connectivity index (χ0v) is 14.8. The largest absolute Gasteiger partial charge is 0.377 e. The third-order valence-electron chi connectivity index (χ3n) is 3.54. The number of halogens is 2. The van der Waals surface area contributed by atoms with E-state index < -0.39 is 0 Å². The number of benzene rings is 2. The molecule has 0 bridgehead atoms. The number of aromatic nitrogens is 4. The summed E-state index contributed by atoms with van der Waals surface area (Å²) in [4.78, 5) is 2.06. The Morgan fingerprint density at radius 1 is 1.08 bits per heavy atom. The van der Waals surface area contributed by atoms with Crippen molar-refractivity contribution in [1.82, 2.24) is 20.2 Å². The van der Waals surface area contributed by atoms with Crippen LogP contribution in [0.5, 0.6) is 0 Å². The van der Waals surface area contributed by atoms with Crippen LogP contribution in [0.15, 0.2) is 42.5 Å². The molecule has 0 radical (unpaired) electrons. The lowest BCUT2D eigenvalue weighted by atomic mass is 10.1. The number of tetrazole rings is 1. The molecule has 2 aromatic carbocycles. The summed E-state index contributed by atoms with van der Waals surface area (Å²) in [6.45, 7) is 0.576. The molecule has 0 spiro atoms. The summed E-state index contributed by atoms with van der Waals surface area (Å²) >= 11 is 12.3. The summed E-state index contributed by atoms with van der Waals surface area (Å²) in [6, 6.07) is 13.5. The highest BCUT2D eigenvalue weighted by Gasteiger charge is 2.13. The first kappa shape index (κ1) is 16.5. The Kier molecular flexibility index (Phi) is 4.87. The minimum Gasteiger partial charge on any atom is -0.377 e. The summed E-state index contributed by atoms with van der Waals surface area (Å²) in [6.07, 6.45) is 0. The first-order chi connectivity index (χ1) is 11.6. The molecule has 0 aliphatic carbocycles. The number of hydrogen-bond acceptors (Lipinski definition) is 5. The van der Waals surface area contributed by atoms with Crippen molar-refractivity contribution in [3.8, 4) is 5.69 Å². The van der Waals surface area contributed by atoms with Crippen molar-refractivity contribution < 1.29 is 0 Å². The summed E-state index contributed by atoms with van der Waals surface area (Å²) in [5, 5.41) is 15.9. The van der Waals surface area contributed by atoms with Gasteiger partial charge in [-0.2, -0.15) is 4.68 Å². The maximum Gasteiger partial charge on any atom is 0.248 e. The van der Waals surface area contributed by atoms with E-state index in [4.69, 9.17) is 23.2 Å². The number of hydrogen-bond donors (Lipinski definition) is 1. The Labute approximate surface area is 150 Å². The van der Waals surface area contributed by atoms with Gasteiger partial charge in [0, 0.05) is 26.3 Å². The van der Waals surface area contributed by atoms with Gasteiger partial charge in [-0.25, -0.2) is 0 Å². The van der Waals surface area contributed by atoms with Crippen molar-refractivity contribution in [3.05, 3.63) is 58.1 Å². The molecule has 24 heavy (non-hydrogen) atoms. The summed E-state index contributed by atoms with van der Waals surface area (Å²) < 4.78 is 1.53. The smallest absolute Gasteiger partial charge is 0.248 e. The summed E-state index contributed by atoms with van der Waals surface area (Å²) in [5.41, 5.74) is 2.89. The highest BCUT2D eigenvalue weighted by atomic mass is 35.5. The first-order valence-corrected chi connectivity index (χ1v) is 8.05. The Bertz CT molecular complexity index is 846. The van der Waals surface area contributed by atoms with Crippen LogP contribution in [0.2, 0.25) is 10.0 Å². The monoisotopic (exact) mass is 362 g/mol. The zero-order chi connectivity index (χ0) is 17.1. The predicted molar refractivity (Wildman–Crippen MR) is 97.3 cm³/mol. The topological polar surface area (TPSA) is 58.9 Å². The van der Waals surface area contributed by atoms with Crippen molar-refractivity contribution in [3.63, 3.8) is 0 Å². The second-order valence-corrected chi connectivity index (χ2v) is 6.15. The van der Waals surface area contributed by atoms with Gasteiger partial charge in [0.25, 0.3) is 0 Å². The van der Waals surface area contributed by atoms with Crippen molar-refractivity contribution in [2.45, 2.75) is 6.54 Å². The predicted octanol–water partition coefficient (Wildman–Crippen LogP) is 3.65. The van der Waals surface area contributed by atoms with Gasteiger partial charge in [0.2, 0.25) is 5.95 Å². The molecule has 6 nitrogen and oxygen atoms in total. The van der Waals surface area contributed by atoms with Gasteiger partial charge in [-0.15, -0.1) is 0 Å². The van der Waals surface area contributed by atoms with E-state index in [1.807, 2.05) is 32.3 Å². The van der Waals surface area contributed by atoms with E-state index in [1.54, 1.807) is 12.1 Å². The van der Waals surface area contributed by atoms with Gasteiger partial charge >= 0.3 is 0 Å². The average Bonchev–Trinajstić information content (AvgIpc) is 3.04. The van der Waals surface area contributed by atoms with Crippen molar-refractivity contribution in [2.24, 2.45) is 0 Å². The molecular weight excluding hydrogens is 347 g/mol. The number of rotatable bonds is 5. The Morgan fingerprint density at radius 2 is 1.88 bits per heavy atom. The molecule has 1 heterocycles. The standard InChI is InChI=1S/C16H16Cl2N6/c1-23(2)13-8-4-3-6-11(13)10-19-16-20-21-22-24(16)14-9-5-7-12(17)15(14)18/h3-9H,10H2,1-2H3,(H,19,20,22). The molecule has 0 aliphatic rings. The number of nitrogens with one attached hydrogen (secondary N) is 1. The number of nitrogens with zero attached hydrogens (tertiary/aromatic N) is 5. The fraction of sp³-hybridized carbons (Fsp3) is 0.188. The van der Waals surface area contributed by atoms with Crippen molar-refractivity contribution in [2.75, 3.05) is 24.3 Å². The van der Waals surface area contributed by atoms with Crippen LogP contribution in [-0.4, -0.2) is 34.3 Å². The van der Waals surface area contributed by atoms with Crippen LogP contribution in [0.3, 0.4) is 0 Å². The third kappa shape index (κ3) is 3.29. The molecular formula is C16H16Cl2N6. The van der Waals surface area contributed by atoms with Gasteiger partial charge in [-0.1, -0.05) is 52.6 Å². The maximum absolute atomic E-state index is 6.26. The molecule has 0 saturated heterocycles. The summed E-state index contributed by atoms with van der Waals surface area (Å²) in [5.74, 6) is 0.493. The van der Waals surface area contributed by atoms with Crippen LogP contribution in [0.25, 0.3) is 5.69 Å². The highest BCUT2D eigenvalue weighted by molar-refractivity contribution is 6.43. The van der Waals surface area contributed by atoms with E-state index >= 15 is 0 Å². The molecule has 0 aliphatic heterocycles. The molecule has 0 amide bonds. The van der Waals surface area contributed by atoms with E-state index in [2.05, 4.69) is 37.9 Å². The fourth-order valence-electron chi connectivity index (χ4n) is 2.39. The molecule has 0 unspecified atom stereocenters. The first-order valence-electron chi connectivity index (χ1n) is 7.30. The molecule has 0 atom stereocenters. The van der Waals surface area contributed by atoms with Crippen LogP contribution in [0.4, 0.5) is 11.6 Å². The quantitative estimate of drug-likeness (QED) is 0.750. The Balaban J connectivity index is 1.86. The van der Waals surface area contributed by atoms with Crippen LogP contribution in [0, 0.1) is 0 Å². The van der Waals surface area contributed by atoms with Gasteiger partial charge in [0.15, 0.2) is 0 Å². The van der Waals surface area contributed by atoms with Crippen LogP contribution < -0.4 is 10.2 Å². The van der Waals surface area contributed by atoms with E-state index in [0.717, 1.165) is 11.3 Å². The number of para-hydroxylation sites is 1. The zero-order valence-electron chi connectivity index (χ0n) is 13.2. The van der Waals surface area contributed by atoms with E-state index in [1.165, 1.54) is 4.68 Å². The van der Waals surface area contributed by atoms with Gasteiger partial charge in [-0.05, 0) is 34.2 Å². The second kappa shape index (κ2) is 7.07. The maximum atomic E-state index is 6.26. The van der Waals surface area contributed by atoms with Gasteiger partial charge in [0.05, 0.1) is 15.7 Å². The molecule has 1 aromatic heterocycles. The minimum atomic E-state index is 0.406. The lowest BCUT2D eigenvalue weighted by Crippen LogP contribution is -2.14. The van der Waals surface area contributed by atoms with E-state index in [0.29, 0.717) is 28.2 Å². The van der Waals surface area contributed by atoms with Gasteiger partial charge < -0.3 is 10.2 Å². The van der Waals surface area contributed by atoms with Crippen LogP contribution >= 0.6 is 23.2 Å². The van der Waals surface area contributed by atoms with E-state index in [-0.39, 0.29) is 0 Å². The second-order valence-electron chi connectivity index (χ2n) is 5.36. The van der Waals surface area contributed by atoms with Crippen molar-refractivity contribution in [1.29, 1.82) is 0 Å². The molecule has 3 aromatic rings. The molecule has 3 rings (SSSR count). The average molecular weight is 363 g/mol. The Hall–Kier alpha value is -2.31.